The van der Waals surface area contributed by atoms with Gasteiger partial charge in [0.05, 0.1) is 0 Å². The molecule has 0 aliphatic rings. The van der Waals surface area contributed by atoms with E-state index in [0.29, 0.717) is 0 Å². The highest BCUT2D eigenvalue weighted by atomic mass is 16.5. The summed E-state index contributed by atoms with van der Waals surface area (Å²) in [5.74, 6) is 0. The number of rotatable bonds is 27. The third kappa shape index (κ3) is 28.0. The van der Waals surface area contributed by atoms with Gasteiger partial charge in [-0.2, -0.15) is 0 Å². The van der Waals surface area contributed by atoms with Gasteiger partial charge in [0.1, 0.15) is 0 Å². The summed E-state index contributed by atoms with van der Waals surface area (Å²) in [5, 5.41) is 0. The number of hydrogen-bond donors (Lipinski definition) is 0. The van der Waals surface area contributed by atoms with Crippen molar-refractivity contribution in [2.75, 3.05) is 13.2 Å². The molecular weight excluding hydrogens is 364 g/mol. The Labute approximate surface area is 192 Å². The quantitative estimate of drug-likeness (QED) is 0.119. The van der Waals surface area contributed by atoms with E-state index >= 15 is 0 Å². The topological polar surface area (TPSA) is 9.23 Å². The van der Waals surface area contributed by atoms with Crippen molar-refractivity contribution in [3.05, 3.63) is 0 Å². The summed E-state index contributed by atoms with van der Waals surface area (Å²) in [6.07, 6.45) is 36.4. The lowest BCUT2D eigenvalue weighted by molar-refractivity contribution is 0.143. The Hall–Kier alpha value is -0.0400. The van der Waals surface area contributed by atoms with Crippen molar-refractivity contribution >= 4 is 0 Å². The van der Waals surface area contributed by atoms with Gasteiger partial charge in [0.15, 0.2) is 0 Å². The monoisotopic (exact) mass is 424 g/mol. The van der Waals surface area contributed by atoms with Gasteiger partial charge < -0.3 is 4.74 Å². The van der Waals surface area contributed by atoms with Gasteiger partial charge in [0.2, 0.25) is 0 Å². The van der Waals surface area contributed by atoms with Crippen LogP contribution in [-0.2, 0) is 4.74 Å². The molecule has 0 heterocycles. The van der Waals surface area contributed by atoms with Crippen molar-refractivity contribution < 1.29 is 4.74 Å². The second kappa shape index (κ2) is 29.0. The molecule has 0 saturated carbocycles. The average molecular weight is 425 g/mol. The predicted octanol–water partition coefficient (Wildman–Crippen LogP) is 10.8. The Bertz CT molecular complexity index is 248. The Kier molecular flexibility index (Phi) is 28.9. The van der Waals surface area contributed by atoms with Crippen LogP contribution in [0.2, 0.25) is 0 Å². The van der Waals surface area contributed by atoms with Crippen molar-refractivity contribution in [1.29, 1.82) is 0 Å². The molecular formula is C29H60O. The van der Waals surface area contributed by atoms with Crippen LogP contribution in [0.1, 0.15) is 174 Å². The van der Waals surface area contributed by atoms with Crippen LogP contribution in [0.15, 0.2) is 0 Å². The molecule has 0 unspecified atom stereocenters. The zero-order valence-corrected chi connectivity index (χ0v) is 21.5. The van der Waals surface area contributed by atoms with E-state index in [2.05, 4.69) is 13.8 Å². The zero-order valence-electron chi connectivity index (χ0n) is 21.5. The maximum atomic E-state index is 5.39. The second-order valence-electron chi connectivity index (χ2n) is 9.68. The molecule has 0 bridgehead atoms. The lowest BCUT2D eigenvalue weighted by Crippen LogP contribution is -1.92. The van der Waals surface area contributed by atoms with Gasteiger partial charge in [-0.25, -0.2) is 0 Å². The Balaban J connectivity index is 2.97. The Morgan fingerprint density at radius 2 is 0.533 bits per heavy atom. The molecule has 0 amide bonds. The van der Waals surface area contributed by atoms with Crippen molar-refractivity contribution in [1.82, 2.24) is 0 Å². The van der Waals surface area contributed by atoms with Crippen molar-refractivity contribution in [2.45, 2.75) is 174 Å². The van der Waals surface area contributed by atoms with E-state index in [1.807, 2.05) is 0 Å². The molecule has 182 valence electrons. The van der Waals surface area contributed by atoms with E-state index in [1.165, 1.54) is 161 Å². The van der Waals surface area contributed by atoms with Gasteiger partial charge in [0, 0.05) is 13.2 Å². The van der Waals surface area contributed by atoms with Crippen LogP contribution in [0.25, 0.3) is 0 Å². The van der Waals surface area contributed by atoms with Gasteiger partial charge >= 0.3 is 0 Å². The molecule has 0 aliphatic heterocycles. The van der Waals surface area contributed by atoms with Crippen molar-refractivity contribution in [2.24, 2.45) is 0 Å². The molecule has 0 radical (unpaired) electrons. The smallest absolute Gasteiger partial charge is 0.0465 e. The van der Waals surface area contributed by atoms with Crippen LogP contribution in [0.3, 0.4) is 0 Å². The molecule has 0 spiro atoms. The number of unbranched alkanes of at least 4 members (excludes halogenated alkanes) is 24. The van der Waals surface area contributed by atoms with Gasteiger partial charge in [0.25, 0.3) is 0 Å². The summed E-state index contributed by atoms with van der Waals surface area (Å²) in [5.41, 5.74) is 0. The average Bonchev–Trinajstić information content (AvgIpc) is 2.76. The molecule has 0 atom stereocenters. The minimum absolute atomic E-state index is 0.874. The SMILES string of the molecule is CCCCCCCCCCCCCCCCCCCCCCCCCCCOCC. The summed E-state index contributed by atoms with van der Waals surface area (Å²) in [6, 6.07) is 0. The lowest BCUT2D eigenvalue weighted by Gasteiger charge is -2.04. The molecule has 1 heteroatoms. The van der Waals surface area contributed by atoms with Gasteiger partial charge in [-0.3, -0.25) is 0 Å². The minimum atomic E-state index is 0.874. The van der Waals surface area contributed by atoms with Crippen LogP contribution in [0.5, 0.6) is 0 Å². The fourth-order valence-electron chi connectivity index (χ4n) is 4.49. The highest BCUT2D eigenvalue weighted by molar-refractivity contribution is 4.51. The van der Waals surface area contributed by atoms with Crippen molar-refractivity contribution in [3.8, 4) is 0 Å². The van der Waals surface area contributed by atoms with E-state index in [-0.39, 0.29) is 0 Å². The summed E-state index contributed by atoms with van der Waals surface area (Å²) in [6.45, 7) is 6.23. The third-order valence-electron chi connectivity index (χ3n) is 6.60. The fraction of sp³-hybridized carbons (Fsp3) is 1.00. The summed E-state index contributed by atoms with van der Waals surface area (Å²) in [7, 11) is 0. The molecule has 0 saturated heterocycles. The van der Waals surface area contributed by atoms with Crippen LogP contribution in [0.4, 0.5) is 0 Å². The number of hydrogen-bond acceptors (Lipinski definition) is 1. The molecule has 30 heavy (non-hydrogen) atoms. The second-order valence-corrected chi connectivity index (χ2v) is 9.68. The standard InChI is InChI=1S/C29H60O/c1-3-5-6-7-8-9-10-11-12-13-14-15-16-17-18-19-20-21-22-23-24-25-26-27-28-29-30-4-2/h3-29H2,1-2H3. The molecule has 0 fully saturated rings. The summed E-state index contributed by atoms with van der Waals surface area (Å²) < 4.78 is 5.39. The van der Waals surface area contributed by atoms with Crippen LogP contribution in [0, 0.1) is 0 Å². The van der Waals surface area contributed by atoms with Crippen LogP contribution < -0.4 is 0 Å². The Morgan fingerprint density at radius 3 is 0.767 bits per heavy atom. The molecule has 0 aromatic rings. The molecule has 0 aromatic carbocycles. The van der Waals surface area contributed by atoms with Gasteiger partial charge in [-0.15, -0.1) is 0 Å². The first-order valence-corrected chi connectivity index (χ1v) is 14.5. The fourth-order valence-corrected chi connectivity index (χ4v) is 4.49. The highest BCUT2D eigenvalue weighted by Crippen LogP contribution is 2.15. The van der Waals surface area contributed by atoms with E-state index in [0.717, 1.165) is 13.2 Å². The van der Waals surface area contributed by atoms with Gasteiger partial charge in [-0.05, 0) is 13.3 Å². The lowest BCUT2D eigenvalue weighted by atomic mass is 10.0. The maximum Gasteiger partial charge on any atom is 0.0465 e. The van der Waals surface area contributed by atoms with Crippen molar-refractivity contribution in [3.63, 3.8) is 0 Å². The largest absolute Gasteiger partial charge is 0.382 e. The first kappa shape index (κ1) is 30.0. The molecule has 0 aliphatic carbocycles. The predicted molar refractivity (Wildman–Crippen MR) is 138 cm³/mol. The Morgan fingerprint density at radius 1 is 0.300 bits per heavy atom. The summed E-state index contributed by atoms with van der Waals surface area (Å²) >= 11 is 0. The van der Waals surface area contributed by atoms with Crippen LogP contribution in [-0.4, -0.2) is 13.2 Å². The van der Waals surface area contributed by atoms with E-state index in [1.54, 1.807) is 0 Å². The van der Waals surface area contributed by atoms with E-state index in [4.69, 9.17) is 4.74 Å². The first-order chi connectivity index (χ1) is 14.9. The normalized spacial score (nSPS) is 11.4. The van der Waals surface area contributed by atoms with Crippen LogP contribution >= 0.6 is 0 Å². The van der Waals surface area contributed by atoms with Gasteiger partial charge in [-0.1, -0.05) is 161 Å². The molecule has 0 aromatic heterocycles. The first-order valence-electron chi connectivity index (χ1n) is 14.5. The van der Waals surface area contributed by atoms with E-state index in [9.17, 15) is 0 Å². The molecule has 0 N–H and O–H groups in total. The number of ether oxygens (including phenoxy) is 1. The molecule has 1 nitrogen and oxygen atoms in total. The zero-order chi connectivity index (χ0) is 21.8. The maximum absolute atomic E-state index is 5.39. The van der Waals surface area contributed by atoms with E-state index < -0.39 is 0 Å². The highest BCUT2D eigenvalue weighted by Gasteiger charge is 1.96. The molecule has 0 rings (SSSR count). The third-order valence-corrected chi connectivity index (χ3v) is 6.60. The minimum Gasteiger partial charge on any atom is -0.382 e. The summed E-state index contributed by atoms with van der Waals surface area (Å²) in [4.78, 5) is 0.